The van der Waals surface area contributed by atoms with Crippen molar-refractivity contribution >= 4 is 16.9 Å². The smallest absolute Gasteiger partial charge is 0.295 e. The number of hydrogen-bond donors (Lipinski definition) is 2. The molecule has 92 valence electrons. The Morgan fingerprint density at radius 1 is 1.56 bits per heavy atom. The molecule has 0 atom stereocenters. The van der Waals surface area contributed by atoms with Crippen molar-refractivity contribution in [2.24, 2.45) is 0 Å². The van der Waals surface area contributed by atoms with Gasteiger partial charge in [-0.1, -0.05) is 5.92 Å². The van der Waals surface area contributed by atoms with E-state index in [9.17, 15) is 9.18 Å². The molecular formula is C13H12FN3O. The molecule has 18 heavy (non-hydrogen) atoms. The number of H-pyrrole nitrogens is 1. The van der Waals surface area contributed by atoms with Crippen molar-refractivity contribution in [2.45, 2.75) is 13.3 Å². The van der Waals surface area contributed by atoms with Crippen molar-refractivity contribution in [1.82, 2.24) is 15.3 Å². The zero-order chi connectivity index (χ0) is 13.0. The highest BCUT2D eigenvalue weighted by Gasteiger charge is 2.04. The van der Waals surface area contributed by atoms with Crippen molar-refractivity contribution in [3.05, 3.63) is 29.8 Å². The van der Waals surface area contributed by atoms with Gasteiger partial charge in [0.1, 0.15) is 11.6 Å². The number of carbonyl (C=O) groups excluding carboxylic acids is 1. The second-order valence-electron chi connectivity index (χ2n) is 3.73. The monoisotopic (exact) mass is 245 g/mol. The second kappa shape index (κ2) is 5.32. The maximum atomic E-state index is 13.0. The Labute approximate surface area is 104 Å². The van der Waals surface area contributed by atoms with Crippen molar-refractivity contribution in [1.29, 1.82) is 0 Å². The molecule has 5 heteroatoms. The van der Waals surface area contributed by atoms with Crippen LogP contribution in [0.25, 0.3) is 11.0 Å². The van der Waals surface area contributed by atoms with Crippen LogP contribution in [-0.4, -0.2) is 22.4 Å². The van der Waals surface area contributed by atoms with E-state index in [1.165, 1.54) is 12.1 Å². The summed E-state index contributed by atoms with van der Waals surface area (Å²) in [5.74, 6) is 5.00. The summed E-state index contributed by atoms with van der Waals surface area (Å²) in [6.45, 7) is 2.04. The van der Waals surface area contributed by atoms with Crippen LogP contribution in [0.3, 0.4) is 0 Å². The quantitative estimate of drug-likeness (QED) is 0.803. The predicted molar refractivity (Wildman–Crippen MR) is 66.2 cm³/mol. The van der Waals surface area contributed by atoms with Crippen LogP contribution in [0, 0.1) is 17.7 Å². The fourth-order valence-electron chi connectivity index (χ4n) is 1.61. The van der Waals surface area contributed by atoms with E-state index in [1.54, 1.807) is 13.0 Å². The predicted octanol–water partition coefficient (Wildman–Crippen LogP) is 1.38. The van der Waals surface area contributed by atoms with Gasteiger partial charge in [0.05, 0.1) is 11.0 Å². The van der Waals surface area contributed by atoms with Crippen LogP contribution in [0.4, 0.5) is 4.39 Å². The molecule has 0 saturated carbocycles. The lowest BCUT2D eigenvalue weighted by Crippen LogP contribution is -2.24. The molecule has 0 unspecified atom stereocenters. The first kappa shape index (κ1) is 12.1. The van der Waals surface area contributed by atoms with Gasteiger partial charge < -0.3 is 10.3 Å². The van der Waals surface area contributed by atoms with E-state index in [2.05, 4.69) is 27.1 Å². The standard InChI is InChI=1S/C13H12FN3O/c1-2-3-13(18)15-7-6-12-16-10-5-4-9(14)8-11(10)17-12/h4-5,8H,6-7H2,1H3,(H,15,18)(H,16,17). The van der Waals surface area contributed by atoms with Gasteiger partial charge in [0.2, 0.25) is 0 Å². The van der Waals surface area contributed by atoms with Crippen LogP contribution >= 0.6 is 0 Å². The van der Waals surface area contributed by atoms with E-state index in [4.69, 9.17) is 0 Å². The largest absolute Gasteiger partial charge is 0.345 e. The highest BCUT2D eigenvalue weighted by molar-refractivity contribution is 5.93. The number of halogens is 1. The molecule has 1 aromatic heterocycles. The zero-order valence-corrected chi connectivity index (χ0v) is 9.88. The van der Waals surface area contributed by atoms with Gasteiger partial charge in [-0.05, 0) is 31.0 Å². The van der Waals surface area contributed by atoms with Gasteiger partial charge in [-0.25, -0.2) is 9.37 Å². The van der Waals surface area contributed by atoms with E-state index >= 15 is 0 Å². The number of imidazole rings is 1. The van der Waals surface area contributed by atoms with Gasteiger partial charge in [0.15, 0.2) is 0 Å². The fourth-order valence-corrected chi connectivity index (χ4v) is 1.61. The van der Waals surface area contributed by atoms with Gasteiger partial charge in [-0.3, -0.25) is 4.79 Å². The zero-order valence-electron chi connectivity index (χ0n) is 9.88. The Kier molecular flexibility index (Phi) is 3.58. The number of aromatic nitrogens is 2. The van der Waals surface area contributed by atoms with Crippen molar-refractivity contribution in [3.8, 4) is 11.8 Å². The lowest BCUT2D eigenvalue weighted by atomic mass is 10.3. The Balaban J connectivity index is 1.99. The van der Waals surface area contributed by atoms with Crippen LogP contribution in [0.1, 0.15) is 12.7 Å². The van der Waals surface area contributed by atoms with Crippen molar-refractivity contribution in [3.63, 3.8) is 0 Å². The third-order valence-electron chi connectivity index (χ3n) is 2.38. The number of nitrogens with one attached hydrogen (secondary N) is 2. The number of carbonyl (C=O) groups is 1. The van der Waals surface area contributed by atoms with Crippen LogP contribution in [-0.2, 0) is 11.2 Å². The molecule has 0 fully saturated rings. The third kappa shape index (κ3) is 2.86. The summed E-state index contributed by atoms with van der Waals surface area (Å²) in [4.78, 5) is 18.4. The second-order valence-corrected chi connectivity index (χ2v) is 3.73. The minimum Gasteiger partial charge on any atom is -0.345 e. The number of nitrogens with zero attached hydrogens (tertiary/aromatic N) is 1. The van der Waals surface area contributed by atoms with E-state index in [1.807, 2.05) is 0 Å². The molecular weight excluding hydrogens is 233 g/mol. The minimum absolute atomic E-state index is 0.302. The van der Waals surface area contributed by atoms with Crippen molar-refractivity contribution in [2.75, 3.05) is 6.54 Å². The van der Waals surface area contributed by atoms with Crippen LogP contribution < -0.4 is 5.32 Å². The summed E-state index contributed by atoms with van der Waals surface area (Å²) < 4.78 is 13.0. The minimum atomic E-state index is -0.306. The molecule has 2 rings (SSSR count). The molecule has 1 amide bonds. The molecule has 0 aliphatic rings. The first-order valence-corrected chi connectivity index (χ1v) is 5.54. The summed E-state index contributed by atoms with van der Waals surface area (Å²) in [5, 5.41) is 2.64. The normalized spacial score (nSPS) is 9.89. The van der Waals surface area contributed by atoms with E-state index in [0.717, 1.165) is 0 Å². The van der Waals surface area contributed by atoms with Crippen molar-refractivity contribution < 1.29 is 9.18 Å². The molecule has 0 radical (unpaired) electrons. The van der Waals surface area contributed by atoms with Gasteiger partial charge >= 0.3 is 0 Å². The number of aromatic amines is 1. The van der Waals surface area contributed by atoms with Gasteiger partial charge in [-0.15, -0.1) is 0 Å². The van der Waals surface area contributed by atoms with Gasteiger partial charge in [-0.2, -0.15) is 0 Å². The molecule has 0 aliphatic heterocycles. The molecule has 4 nitrogen and oxygen atoms in total. The average Bonchev–Trinajstić information content (AvgIpc) is 2.71. The van der Waals surface area contributed by atoms with Crippen LogP contribution in [0.2, 0.25) is 0 Å². The maximum absolute atomic E-state index is 13.0. The number of rotatable bonds is 3. The number of fused-ring (bicyclic) bond motifs is 1. The Morgan fingerprint density at radius 2 is 2.39 bits per heavy atom. The van der Waals surface area contributed by atoms with Gasteiger partial charge in [0.25, 0.3) is 5.91 Å². The molecule has 0 saturated heterocycles. The van der Waals surface area contributed by atoms with Gasteiger partial charge in [0, 0.05) is 13.0 Å². The lowest BCUT2D eigenvalue weighted by molar-refractivity contribution is -0.115. The Morgan fingerprint density at radius 3 is 3.17 bits per heavy atom. The summed E-state index contributed by atoms with van der Waals surface area (Å²) in [7, 11) is 0. The van der Waals surface area contributed by atoms with Crippen LogP contribution in [0.15, 0.2) is 18.2 Å². The summed E-state index contributed by atoms with van der Waals surface area (Å²) >= 11 is 0. The topological polar surface area (TPSA) is 57.8 Å². The number of hydrogen-bond acceptors (Lipinski definition) is 2. The Bertz CT molecular complexity index is 636. The highest BCUT2D eigenvalue weighted by atomic mass is 19.1. The molecule has 0 spiro atoms. The average molecular weight is 245 g/mol. The molecule has 0 bridgehead atoms. The maximum Gasteiger partial charge on any atom is 0.295 e. The first-order valence-electron chi connectivity index (χ1n) is 5.54. The Hall–Kier alpha value is -2.35. The molecule has 0 aliphatic carbocycles. The summed E-state index contributed by atoms with van der Waals surface area (Å²) in [6.07, 6.45) is 0.549. The lowest BCUT2D eigenvalue weighted by Gasteiger charge is -1.97. The van der Waals surface area contributed by atoms with E-state index in [0.29, 0.717) is 29.8 Å². The summed E-state index contributed by atoms with van der Waals surface area (Å²) in [6, 6.07) is 4.38. The third-order valence-corrected chi connectivity index (χ3v) is 2.38. The van der Waals surface area contributed by atoms with E-state index in [-0.39, 0.29) is 11.7 Å². The first-order chi connectivity index (χ1) is 8.69. The molecule has 1 heterocycles. The molecule has 2 N–H and O–H groups in total. The number of amides is 1. The molecule has 2 aromatic rings. The SMILES string of the molecule is CC#CC(=O)NCCc1nc2ccc(F)cc2[nH]1. The molecule has 1 aromatic carbocycles. The van der Waals surface area contributed by atoms with E-state index < -0.39 is 0 Å². The van der Waals surface area contributed by atoms with Crippen LogP contribution in [0.5, 0.6) is 0 Å². The fraction of sp³-hybridized carbons (Fsp3) is 0.231. The summed E-state index contributed by atoms with van der Waals surface area (Å²) in [5.41, 5.74) is 1.37. The number of benzene rings is 1. The highest BCUT2D eigenvalue weighted by Crippen LogP contribution is 2.12.